The molecule has 2 aromatic heterocycles. The number of aryl methyl sites for hydroxylation is 1. The van der Waals surface area contributed by atoms with Gasteiger partial charge in [0.1, 0.15) is 12.2 Å². The van der Waals surface area contributed by atoms with E-state index in [1.165, 1.54) is 0 Å². The maximum atomic E-state index is 11.2. The Labute approximate surface area is 165 Å². The fourth-order valence-electron chi connectivity index (χ4n) is 3.06. The molecule has 146 valence electrons. The second-order valence-electron chi connectivity index (χ2n) is 7.33. The Bertz CT molecular complexity index is 826. The van der Waals surface area contributed by atoms with Crippen molar-refractivity contribution in [2.75, 3.05) is 6.61 Å². The molecule has 2 N–H and O–H groups in total. The predicted molar refractivity (Wildman–Crippen MR) is 106 cm³/mol. The van der Waals surface area contributed by atoms with Crippen molar-refractivity contribution >= 4 is 17.7 Å². The third-order valence-electron chi connectivity index (χ3n) is 4.27. The number of halogens is 1. The molecule has 0 aliphatic rings. The lowest BCUT2D eigenvalue weighted by molar-refractivity contribution is -0.0186. The van der Waals surface area contributed by atoms with Gasteiger partial charge in [0.25, 0.3) is 0 Å². The molecule has 0 aliphatic carbocycles. The van der Waals surface area contributed by atoms with Gasteiger partial charge in [-0.1, -0.05) is 25.4 Å². The van der Waals surface area contributed by atoms with E-state index in [1.54, 1.807) is 25.4 Å². The molecule has 0 radical (unpaired) electrons. The largest absolute Gasteiger partial charge is 0.486 e. The van der Waals surface area contributed by atoms with Crippen LogP contribution in [0.25, 0.3) is 11.3 Å². The highest BCUT2D eigenvalue weighted by atomic mass is 35.5. The quantitative estimate of drug-likeness (QED) is 0.739. The first-order valence-electron chi connectivity index (χ1n) is 8.80. The van der Waals surface area contributed by atoms with Crippen LogP contribution in [0, 0.1) is 19.8 Å². The summed E-state index contributed by atoms with van der Waals surface area (Å²) in [5.74, 6) is 0.721. The van der Waals surface area contributed by atoms with Crippen molar-refractivity contribution in [1.82, 2.24) is 9.97 Å². The number of carbonyl (C=O) groups excluding carboxylic acids is 1. The molecule has 1 unspecified atom stereocenters. The number of primary amides is 1. The normalized spacial score (nSPS) is 13.3. The lowest BCUT2D eigenvalue weighted by Crippen LogP contribution is -2.41. The van der Waals surface area contributed by atoms with Gasteiger partial charge in [-0.3, -0.25) is 9.97 Å². The number of hydrogen-bond acceptors (Lipinski definition) is 5. The Kier molecular flexibility index (Phi) is 6.65. The topological polar surface area (TPSA) is 87.3 Å². The Morgan fingerprint density at radius 3 is 2.63 bits per heavy atom. The maximum absolute atomic E-state index is 11.2. The van der Waals surface area contributed by atoms with Gasteiger partial charge in [0.05, 0.1) is 16.9 Å². The first-order chi connectivity index (χ1) is 12.6. The van der Waals surface area contributed by atoms with Crippen LogP contribution in [0.5, 0.6) is 5.75 Å². The minimum atomic E-state index is -0.846. The molecule has 0 fully saturated rings. The summed E-state index contributed by atoms with van der Waals surface area (Å²) in [4.78, 5) is 20.0. The second kappa shape index (κ2) is 8.57. The average Bonchev–Trinajstić information content (AvgIpc) is 2.54. The molecule has 1 atom stereocenters. The monoisotopic (exact) mass is 391 g/mol. The van der Waals surface area contributed by atoms with Gasteiger partial charge in [0.2, 0.25) is 0 Å². The van der Waals surface area contributed by atoms with E-state index in [4.69, 9.17) is 26.8 Å². The zero-order chi connectivity index (χ0) is 20.2. The fraction of sp³-hybridized carbons (Fsp3) is 0.450. The van der Waals surface area contributed by atoms with E-state index in [0.29, 0.717) is 23.1 Å². The number of pyridine rings is 2. The number of amides is 1. The maximum Gasteiger partial charge on any atom is 0.405 e. The van der Waals surface area contributed by atoms with E-state index in [1.807, 2.05) is 33.8 Å². The number of nitrogens with zero attached hydrogens (tertiary/aromatic N) is 2. The second-order valence-corrected chi connectivity index (χ2v) is 7.73. The summed E-state index contributed by atoms with van der Waals surface area (Å²) in [5, 5.41) is 0.430. The molecule has 27 heavy (non-hydrogen) atoms. The highest BCUT2D eigenvalue weighted by Gasteiger charge is 2.30. The van der Waals surface area contributed by atoms with Crippen molar-refractivity contribution in [3.63, 3.8) is 0 Å². The van der Waals surface area contributed by atoms with Crippen molar-refractivity contribution in [1.29, 1.82) is 0 Å². The minimum absolute atomic E-state index is 0.127. The zero-order valence-corrected chi connectivity index (χ0v) is 17.1. The third-order valence-corrected chi connectivity index (χ3v) is 4.57. The lowest BCUT2D eigenvalue weighted by atomic mass is 9.95. The van der Waals surface area contributed by atoms with Crippen molar-refractivity contribution in [2.24, 2.45) is 11.7 Å². The van der Waals surface area contributed by atoms with Crippen LogP contribution in [0.4, 0.5) is 4.79 Å². The molecule has 0 saturated heterocycles. The molecule has 2 aromatic rings. The molecule has 0 saturated carbocycles. The summed E-state index contributed by atoms with van der Waals surface area (Å²) in [7, 11) is 0. The van der Waals surface area contributed by atoms with Crippen molar-refractivity contribution in [2.45, 2.75) is 46.6 Å². The lowest BCUT2D eigenvalue weighted by Gasteiger charge is -2.30. The van der Waals surface area contributed by atoms with Gasteiger partial charge in [0, 0.05) is 17.5 Å². The van der Waals surface area contributed by atoms with E-state index in [-0.39, 0.29) is 6.61 Å². The summed E-state index contributed by atoms with van der Waals surface area (Å²) in [5.41, 5.74) is 8.06. The van der Waals surface area contributed by atoms with Crippen molar-refractivity contribution in [3.05, 3.63) is 40.8 Å². The molecule has 0 aliphatic heterocycles. The van der Waals surface area contributed by atoms with Crippen molar-refractivity contribution < 1.29 is 14.3 Å². The van der Waals surface area contributed by atoms with Crippen molar-refractivity contribution in [3.8, 4) is 17.0 Å². The molecule has 2 rings (SSSR count). The summed E-state index contributed by atoms with van der Waals surface area (Å²) in [6.07, 6.45) is 3.10. The van der Waals surface area contributed by atoms with Gasteiger partial charge >= 0.3 is 6.09 Å². The van der Waals surface area contributed by atoms with Crippen LogP contribution in [0.2, 0.25) is 5.02 Å². The molecule has 1 amide bonds. The van der Waals surface area contributed by atoms with Gasteiger partial charge in [-0.15, -0.1) is 0 Å². The summed E-state index contributed by atoms with van der Waals surface area (Å²) < 4.78 is 11.1. The standard InChI is InChI=1S/C20H26ClN3O3/c1-12(2)9-20(5,27-19(22)25)11-26-18-10-24-17(8-16(18)21)15-6-7-23-14(4)13(15)3/h6-8,10,12H,9,11H2,1-5H3,(H2,22,25). The van der Waals surface area contributed by atoms with Gasteiger partial charge in [-0.25, -0.2) is 4.79 Å². The molecular formula is C20H26ClN3O3. The Hall–Kier alpha value is -2.34. The zero-order valence-electron chi connectivity index (χ0n) is 16.4. The molecule has 0 aromatic carbocycles. The number of hydrogen-bond donors (Lipinski definition) is 1. The van der Waals surface area contributed by atoms with E-state index in [9.17, 15) is 4.79 Å². The minimum Gasteiger partial charge on any atom is -0.486 e. The van der Waals surface area contributed by atoms with E-state index in [0.717, 1.165) is 22.5 Å². The fourth-order valence-corrected chi connectivity index (χ4v) is 3.26. The number of aromatic nitrogens is 2. The van der Waals surface area contributed by atoms with E-state index >= 15 is 0 Å². The molecule has 6 nitrogen and oxygen atoms in total. The smallest absolute Gasteiger partial charge is 0.405 e. The first kappa shape index (κ1) is 21.0. The van der Waals surface area contributed by atoms with Crippen LogP contribution in [0.1, 0.15) is 38.4 Å². The van der Waals surface area contributed by atoms with Gasteiger partial charge in [-0.05, 0) is 50.8 Å². The summed E-state index contributed by atoms with van der Waals surface area (Å²) >= 11 is 6.40. The molecule has 0 spiro atoms. The predicted octanol–water partition coefficient (Wildman–Crippen LogP) is 4.69. The molecular weight excluding hydrogens is 366 g/mol. The van der Waals surface area contributed by atoms with Crippen LogP contribution in [-0.4, -0.2) is 28.3 Å². The molecule has 0 bridgehead atoms. The summed E-state index contributed by atoms with van der Waals surface area (Å²) in [6.45, 7) is 9.93. The van der Waals surface area contributed by atoms with Crippen LogP contribution in [0.3, 0.4) is 0 Å². The van der Waals surface area contributed by atoms with Gasteiger partial charge < -0.3 is 15.2 Å². The number of ether oxygens (including phenoxy) is 2. The molecule has 7 heteroatoms. The van der Waals surface area contributed by atoms with Crippen LogP contribution in [-0.2, 0) is 4.74 Å². The van der Waals surface area contributed by atoms with Crippen LogP contribution in [0.15, 0.2) is 24.5 Å². The van der Waals surface area contributed by atoms with E-state index < -0.39 is 11.7 Å². The average molecular weight is 392 g/mol. The highest BCUT2D eigenvalue weighted by molar-refractivity contribution is 6.32. The third kappa shape index (κ3) is 5.57. The summed E-state index contributed by atoms with van der Waals surface area (Å²) in [6, 6.07) is 3.66. The number of nitrogens with two attached hydrogens (primary N) is 1. The Morgan fingerprint density at radius 1 is 1.33 bits per heavy atom. The highest BCUT2D eigenvalue weighted by Crippen LogP contribution is 2.31. The Balaban J connectivity index is 2.20. The number of rotatable bonds is 7. The van der Waals surface area contributed by atoms with Gasteiger partial charge in [0.15, 0.2) is 5.75 Å². The van der Waals surface area contributed by atoms with Crippen LogP contribution < -0.4 is 10.5 Å². The van der Waals surface area contributed by atoms with Crippen LogP contribution >= 0.6 is 11.6 Å². The molecule has 2 heterocycles. The Morgan fingerprint density at radius 2 is 2.04 bits per heavy atom. The van der Waals surface area contributed by atoms with E-state index in [2.05, 4.69) is 9.97 Å². The van der Waals surface area contributed by atoms with Gasteiger partial charge in [-0.2, -0.15) is 0 Å². The SMILES string of the molecule is Cc1nccc(-c2cc(Cl)c(OCC(C)(CC(C)C)OC(N)=O)cn2)c1C. The number of carbonyl (C=O) groups is 1. The first-order valence-corrected chi connectivity index (χ1v) is 9.18.